The highest BCUT2D eigenvalue weighted by atomic mass is 79.9. The Morgan fingerprint density at radius 3 is 2.72 bits per heavy atom. The Morgan fingerprint density at radius 1 is 1.44 bits per heavy atom. The third kappa shape index (κ3) is 3.16. The van der Waals surface area contributed by atoms with Crippen molar-refractivity contribution in [1.82, 2.24) is 5.32 Å². The second-order valence-corrected chi connectivity index (χ2v) is 5.58. The first-order chi connectivity index (χ1) is 8.56. The number of piperidine rings is 1. The Labute approximate surface area is 116 Å². The maximum absolute atomic E-state index is 11.0. The summed E-state index contributed by atoms with van der Waals surface area (Å²) in [6.07, 6.45) is 1.93. The van der Waals surface area contributed by atoms with Gasteiger partial charge in [-0.15, -0.1) is 0 Å². The zero-order chi connectivity index (χ0) is 13.1. The first kappa shape index (κ1) is 13.2. The van der Waals surface area contributed by atoms with Crippen molar-refractivity contribution >= 4 is 33.2 Å². The molecule has 98 valence electrons. The van der Waals surface area contributed by atoms with Gasteiger partial charge in [-0.2, -0.15) is 0 Å². The molecule has 18 heavy (non-hydrogen) atoms. The Morgan fingerprint density at radius 2 is 2.11 bits per heavy atom. The van der Waals surface area contributed by atoms with Crippen LogP contribution in [0.25, 0.3) is 0 Å². The largest absolute Gasteiger partial charge is 0.397 e. The Kier molecular flexibility index (Phi) is 4.11. The molecule has 0 spiro atoms. The van der Waals surface area contributed by atoms with E-state index in [-0.39, 0.29) is 5.91 Å². The average molecular weight is 312 g/mol. The minimum Gasteiger partial charge on any atom is -0.397 e. The lowest BCUT2D eigenvalue weighted by atomic mass is 10.0. The van der Waals surface area contributed by atoms with E-state index in [1.165, 1.54) is 0 Å². The lowest BCUT2D eigenvalue weighted by Gasteiger charge is -2.34. The number of carbonyl (C=O) groups is 1. The van der Waals surface area contributed by atoms with Gasteiger partial charge in [-0.25, -0.2) is 0 Å². The van der Waals surface area contributed by atoms with Gasteiger partial charge in [0.1, 0.15) is 0 Å². The number of anilines is 2. The topological polar surface area (TPSA) is 58.4 Å². The van der Waals surface area contributed by atoms with Crippen molar-refractivity contribution < 1.29 is 4.79 Å². The minimum absolute atomic E-state index is 0.0513. The molecule has 0 radical (unpaired) electrons. The number of nitrogen functional groups attached to an aromatic ring is 1. The highest BCUT2D eigenvalue weighted by Crippen LogP contribution is 2.29. The summed E-state index contributed by atoms with van der Waals surface area (Å²) in [5, 5.41) is 2.97. The predicted molar refractivity (Wildman–Crippen MR) is 77.6 cm³/mol. The molecule has 1 saturated heterocycles. The predicted octanol–water partition coefficient (Wildman–Crippen LogP) is 2.14. The molecule has 0 aliphatic carbocycles. The van der Waals surface area contributed by atoms with Crippen LogP contribution < -0.4 is 16.0 Å². The molecular weight excluding hydrogens is 294 g/mol. The van der Waals surface area contributed by atoms with Gasteiger partial charge in [0.25, 0.3) is 0 Å². The highest BCUT2D eigenvalue weighted by molar-refractivity contribution is 9.10. The van der Waals surface area contributed by atoms with Crippen LogP contribution in [-0.2, 0) is 4.79 Å². The van der Waals surface area contributed by atoms with E-state index in [1.807, 2.05) is 18.2 Å². The number of carbonyl (C=O) groups excluding carboxylic acids is 1. The molecule has 1 aliphatic heterocycles. The molecule has 1 aromatic carbocycles. The molecule has 2 rings (SSSR count). The van der Waals surface area contributed by atoms with Crippen LogP contribution in [0.1, 0.15) is 19.8 Å². The molecule has 1 fully saturated rings. The summed E-state index contributed by atoms with van der Waals surface area (Å²) in [4.78, 5) is 13.3. The molecule has 5 heteroatoms. The normalized spacial score (nSPS) is 16.7. The van der Waals surface area contributed by atoms with Crippen LogP contribution >= 0.6 is 15.9 Å². The fourth-order valence-electron chi connectivity index (χ4n) is 2.34. The Balaban J connectivity index is 2.01. The van der Waals surface area contributed by atoms with Gasteiger partial charge in [-0.1, -0.05) is 15.9 Å². The zero-order valence-corrected chi connectivity index (χ0v) is 12.0. The number of nitrogens with zero attached hydrogens (tertiary/aromatic N) is 1. The number of nitrogens with one attached hydrogen (secondary N) is 1. The van der Waals surface area contributed by atoms with Crippen LogP contribution in [0.15, 0.2) is 22.7 Å². The molecule has 0 aromatic heterocycles. The molecule has 4 nitrogen and oxygen atoms in total. The first-order valence-electron chi connectivity index (χ1n) is 6.13. The van der Waals surface area contributed by atoms with Crippen LogP contribution in [0.2, 0.25) is 0 Å². The average Bonchev–Trinajstić information content (AvgIpc) is 2.33. The van der Waals surface area contributed by atoms with Gasteiger partial charge < -0.3 is 16.0 Å². The standard InChI is InChI=1S/C13H18BrN3O/c1-9(18)16-11-4-6-17(7-5-11)13-8-10(14)2-3-12(13)15/h2-3,8,11H,4-7,15H2,1H3,(H,16,18). The summed E-state index contributed by atoms with van der Waals surface area (Å²) < 4.78 is 1.04. The Bertz CT molecular complexity index is 442. The number of halogens is 1. The van der Waals surface area contributed by atoms with Crippen molar-refractivity contribution in [2.45, 2.75) is 25.8 Å². The lowest BCUT2D eigenvalue weighted by Crippen LogP contribution is -2.44. The third-order valence-electron chi connectivity index (χ3n) is 3.24. The second-order valence-electron chi connectivity index (χ2n) is 4.66. The number of hydrogen-bond acceptors (Lipinski definition) is 3. The van der Waals surface area contributed by atoms with Gasteiger partial charge in [-0.05, 0) is 31.0 Å². The van der Waals surface area contributed by atoms with E-state index in [4.69, 9.17) is 5.73 Å². The van der Waals surface area contributed by atoms with E-state index in [2.05, 4.69) is 26.1 Å². The van der Waals surface area contributed by atoms with Crippen LogP contribution in [0, 0.1) is 0 Å². The summed E-state index contributed by atoms with van der Waals surface area (Å²) in [6, 6.07) is 6.21. The van der Waals surface area contributed by atoms with E-state index >= 15 is 0 Å². The van der Waals surface area contributed by atoms with Crippen molar-refractivity contribution in [3.05, 3.63) is 22.7 Å². The maximum atomic E-state index is 11.0. The van der Waals surface area contributed by atoms with Crippen molar-refractivity contribution in [3.63, 3.8) is 0 Å². The van der Waals surface area contributed by atoms with Crippen LogP contribution in [0.5, 0.6) is 0 Å². The van der Waals surface area contributed by atoms with Crippen molar-refractivity contribution in [2.24, 2.45) is 0 Å². The molecule has 0 bridgehead atoms. The minimum atomic E-state index is 0.0513. The summed E-state index contributed by atoms with van der Waals surface area (Å²) in [5.41, 5.74) is 7.88. The summed E-state index contributed by atoms with van der Waals surface area (Å²) in [5.74, 6) is 0.0513. The number of amides is 1. The van der Waals surface area contributed by atoms with Gasteiger partial charge in [0.2, 0.25) is 5.91 Å². The van der Waals surface area contributed by atoms with Gasteiger partial charge in [0, 0.05) is 30.5 Å². The SMILES string of the molecule is CC(=O)NC1CCN(c2cc(Br)ccc2N)CC1. The number of nitrogens with two attached hydrogens (primary N) is 1. The molecule has 0 unspecified atom stereocenters. The molecule has 1 heterocycles. The van der Waals surface area contributed by atoms with E-state index in [1.54, 1.807) is 6.92 Å². The molecule has 3 N–H and O–H groups in total. The van der Waals surface area contributed by atoms with Crippen LogP contribution in [0.4, 0.5) is 11.4 Å². The lowest BCUT2D eigenvalue weighted by molar-refractivity contribution is -0.119. The van der Waals surface area contributed by atoms with Crippen LogP contribution in [0.3, 0.4) is 0 Å². The smallest absolute Gasteiger partial charge is 0.217 e. The van der Waals surface area contributed by atoms with E-state index in [0.717, 1.165) is 41.8 Å². The maximum Gasteiger partial charge on any atom is 0.217 e. The molecule has 1 aliphatic rings. The summed E-state index contributed by atoms with van der Waals surface area (Å²) in [6.45, 7) is 3.41. The number of benzene rings is 1. The summed E-state index contributed by atoms with van der Waals surface area (Å²) >= 11 is 3.47. The number of hydrogen-bond donors (Lipinski definition) is 2. The quantitative estimate of drug-likeness (QED) is 0.823. The number of rotatable bonds is 2. The van der Waals surface area contributed by atoms with E-state index in [9.17, 15) is 4.79 Å². The molecule has 1 amide bonds. The van der Waals surface area contributed by atoms with E-state index < -0.39 is 0 Å². The molecule has 0 saturated carbocycles. The van der Waals surface area contributed by atoms with E-state index in [0.29, 0.717) is 6.04 Å². The van der Waals surface area contributed by atoms with Gasteiger partial charge in [0.05, 0.1) is 11.4 Å². The van der Waals surface area contributed by atoms with Gasteiger partial charge in [0.15, 0.2) is 0 Å². The first-order valence-corrected chi connectivity index (χ1v) is 6.92. The van der Waals surface area contributed by atoms with Crippen LogP contribution in [-0.4, -0.2) is 25.0 Å². The van der Waals surface area contributed by atoms with Gasteiger partial charge >= 0.3 is 0 Å². The highest BCUT2D eigenvalue weighted by Gasteiger charge is 2.21. The molecular formula is C13H18BrN3O. The second kappa shape index (κ2) is 5.61. The summed E-state index contributed by atoms with van der Waals surface area (Å²) in [7, 11) is 0. The Hall–Kier alpha value is -1.23. The zero-order valence-electron chi connectivity index (χ0n) is 10.4. The third-order valence-corrected chi connectivity index (χ3v) is 3.73. The molecule has 1 aromatic rings. The van der Waals surface area contributed by atoms with Crippen molar-refractivity contribution in [3.8, 4) is 0 Å². The van der Waals surface area contributed by atoms with Gasteiger partial charge in [-0.3, -0.25) is 4.79 Å². The monoisotopic (exact) mass is 311 g/mol. The fourth-order valence-corrected chi connectivity index (χ4v) is 2.69. The molecule has 0 atom stereocenters. The fraction of sp³-hybridized carbons (Fsp3) is 0.462. The van der Waals surface area contributed by atoms with Crippen molar-refractivity contribution in [2.75, 3.05) is 23.7 Å². The van der Waals surface area contributed by atoms with Crippen molar-refractivity contribution in [1.29, 1.82) is 0 Å².